The number of hydrogen-bond donors (Lipinski definition) is 1. The molecule has 1 N–H and O–H groups in total. The molecule has 2 rings (SSSR count). The van der Waals surface area contributed by atoms with Crippen molar-refractivity contribution >= 4 is 11.9 Å². The summed E-state index contributed by atoms with van der Waals surface area (Å²) < 4.78 is 0. The van der Waals surface area contributed by atoms with Crippen molar-refractivity contribution in [3.05, 3.63) is 23.8 Å². The van der Waals surface area contributed by atoms with E-state index in [1.54, 1.807) is 11.9 Å². The highest BCUT2D eigenvalue weighted by molar-refractivity contribution is 5.92. The van der Waals surface area contributed by atoms with E-state index in [9.17, 15) is 9.59 Å². The fraction of sp³-hybridized carbons (Fsp3) is 0.571. The second kappa shape index (κ2) is 6.45. The maximum absolute atomic E-state index is 12.2. The molecule has 108 valence electrons. The minimum absolute atomic E-state index is 0.156. The van der Waals surface area contributed by atoms with Crippen molar-refractivity contribution in [2.45, 2.75) is 32.1 Å². The van der Waals surface area contributed by atoms with Crippen molar-refractivity contribution in [1.82, 2.24) is 14.9 Å². The average Bonchev–Trinajstić information content (AvgIpc) is 2.47. The Labute approximate surface area is 117 Å². The van der Waals surface area contributed by atoms with Gasteiger partial charge in [-0.1, -0.05) is 19.3 Å². The van der Waals surface area contributed by atoms with Crippen LogP contribution >= 0.6 is 0 Å². The van der Waals surface area contributed by atoms with Gasteiger partial charge in [0.2, 0.25) is 0 Å². The summed E-state index contributed by atoms with van der Waals surface area (Å²) in [5, 5.41) is 8.74. The standard InChI is InChI=1S/C14H19N3O3/c1-17(9-10-5-3-2-4-6-10)13(18)11-7-16-12(8-15-11)14(19)20/h7-8,10H,2-6,9H2,1H3,(H,19,20). The summed E-state index contributed by atoms with van der Waals surface area (Å²) in [6, 6.07) is 0. The Morgan fingerprint density at radius 2 is 1.80 bits per heavy atom. The van der Waals surface area contributed by atoms with Crippen LogP contribution in [0.1, 0.15) is 53.1 Å². The summed E-state index contributed by atoms with van der Waals surface area (Å²) in [6.45, 7) is 0.723. The van der Waals surface area contributed by atoms with E-state index in [2.05, 4.69) is 9.97 Å². The first kappa shape index (κ1) is 14.4. The molecule has 0 aliphatic heterocycles. The summed E-state index contributed by atoms with van der Waals surface area (Å²) in [5.74, 6) is -0.795. The Morgan fingerprint density at radius 3 is 2.35 bits per heavy atom. The molecule has 0 saturated heterocycles. The lowest BCUT2D eigenvalue weighted by molar-refractivity contribution is 0.0686. The van der Waals surface area contributed by atoms with Crippen LogP contribution in [-0.2, 0) is 0 Å². The van der Waals surface area contributed by atoms with Gasteiger partial charge in [0.15, 0.2) is 5.69 Å². The van der Waals surface area contributed by atoms with Gasteiger partial charge in [0.25, 0.3) is 5.91 Å². The van der Waals surface area contributed by atoms with Crippen molar-refractivity contribution in [2.75, 3.05) is 13.6 Å². The molecule has 0 spiro atoms. The van der Waals surface area contributed by atoms with E-state index in [1.807, 2.05) is 0 Å². The molecule has 0 unspecified atom stereocenters. The summed E-state index contributed by atoms with van der Waals surface area (Å²) in [5.41, 5.74) is 0.0322. The van der Waals surface area contributed by atoms with Gasteiger partial charge in [-0.2, -0.15) is 0 Å². The smallest absolute Gasteiger partial charge is 0.356 e. The van der Waals surface area contributed by atoms with E-state index in [0.717, 1.165) is 12.7 Å². The Morgan fingerprint density at radius 1 is 1.20 bits per heavy atom. The number of rotatable bonds is 4. The third kappa shape index (κ3) is 3.53. The zero-order chi connectivity index (χ0) is 14.5. The molecule has 6 heteroatoms. The predicted octanol–water partition coefficient (Wildman–Crippen LogP) is 1.83. The number of carbonyl (C=O) groups is 2. The second-order valence-electron chi connectivity index (χ2n) is 5.28. The summed E-state index contributed by atoms with van der Waals surface area (Å²) >= 11 is 0. The van der Waals surface area contributed by atoms with Crippen LogP contribution in [0, 0.1) is 5.92 Å². The number of amides is 1. The molecule has 0 atom stereocenters. The molecular weight excluding hydrogens is 258 g/mol. The minimum Gasteiger partial charge on any atom is -0.476 e. The van der Waals surface area contributed by atoms with Crippen molar-refractivity contribution in [2.24, 2.45) is 5.92 Å². The SMILES string of the molecule is CN(CC1CCCCC1)C(=O)c1cnc(C(=O)O)cn1. The van der Waals surface area contributed by atoms with Crippen LogP contribution in [-0.4, -0.2) is 45.4 Å². The van der Waals surface area contributed by atoms with Crippen LogP contribution < -0.4 is 0 Å². The molecule has 1 aliphatic rings. The first-order chi connectivity index (χ1) is 9.58. The van der Waals surface area contributed by atoms with Crippen LogP contribution in [0.25, 0.3) is 0 Å². The number of nitrogens with zero attached hydrogens (tertiary/aromatic N) is 3. The molecule has 0 bridgehead atoms. The van der Waals surface area contributed by atoms with Crippen LogP contribution in [0.15, 0.2) is 12.4 Å². The van der Waals surface area contributed by atoms with Crippen molar-refractivity contribution < 1.29 is 14.7 Å². The zero-order valence-electron chi connectivity index (χ0n) is 11.6. The van der Waals surface area contributed by atoms with Crippen LogP contribution in [0.5, 0.6) is 0 Å². The number of carboxylic acid groups (broad SMARTS) is 1. The maximum Gasteiger partial charge on any atom is 0.356 e. The lowest BCUT2D eigenvalue weighted by Crippen LogP contribution is -2.33. The van der Waals surface area contributed by atoms with E-state index in [0.29, 0.717) is 5.92 Å². The number of hydrogen-bond acceptors (Lipinski definition) is 4. The lowest BCUT2D eigenvalue weighted by atomic mass is 9.89. The van der Waals surface area contributed by atoms with Crippen LogP contribution in [0.3, 0.4) is 0 Å². The highest BCUT2D eigenvalue weighted by Crippen LogP contribution is 2.24. The van der Waals surface area contributed by atoms with E-state index < -0.39 is 5.97 Å². The summed E-state index contributed by atoms with van der Waals surface area (Å²) in [6.07, 6.45) is 8.44. The molecule has 1 aromatic rings. The van der Waals surface area contributed by atoms with Gasteiger partial charge in [-0.25, -0.2) is 14.8 Å². The Balaban J connectivity index is 1.96. The molecule has 20 heavy (non-hydrogen) atoms. The highest BCUT2D eigenvalue weighted by atomic mass is 16.4. The van der Waals surface area contributed by atoms with Gasteiger partial charge >= 0.3 is 5.97 Å². The molecule has 1 aromatic heterocycles. The van der Waals surface area contributed by atoms with Gasteiger partial charge in [-0.15, -0.1) is 0 Å². The first-order valence-corrected chi connectivity index (χ1v) is 6.88. The largest absolute Gasteiger partial charge is 0.476 e. The predicted molar refractivity (Wildman–Crippen MR) is 72.5 cm³/mol. The van der Waals surface area contributed by atoms with Crippen molar-refractivity contribution in [3.63, 3.8) is 0 Å². The topological polar surface area (TPSA) is 83.4 Å². The maximum atomic E-state index is 12.2. The van der Waals surface area contributed by atoms with E-state index in [4.69, 9.17) is 5.11 Å². The first-order valence-electron chi connectivity index (χ1n) is 6.88. The second-order valence-corrected chi connectivity index (χ2v) is 5.28. The molecular formula is C14H19N3O3. The Kier molecular flexibility index (Phi) is 4.65. The number of aromatic nitrogens is 2. The normalized spacial score (nSPS) is 15.8. The van der Waals surface area contributed by atoms with Gasteiger partial charge in [0.1, 0.15) is 5.69 Å². The zero-order valence-corrected chi connectivity index (χ0v) is 11.6. The summed E-state index contributed by atoms with van der Waals surface area (Å²) in [4.78, 5) is 32.1. The minimum atomic E-state index is -1.15. The third-order valence-corrected chi connectivity index (χ3v) is 3.69. The van der Waals surface area contributed by atoms with E-state index in [1.165, 1.54) is 38.3 Å². The molecule has 1 heterocycles. The van der Waals surface area contributed by atoms with Crippen LogP contribution in [0.4, 0.5) is 0 Å². The molecule has 1 saturated carbocycles. The number of aromatic carboxylic acids is 1. The van der Waals surface area contributed by atoms with Gasteiger partial charge in [-0.05, 0) is 18.8 Å². The fourth-order valence-corrected chi connectivity index (χ4v) is 2.58. The van der Waals surface area contributed by atoms with Gasteiger partial charge in [0.05, 0.1) is 12.4 Å². The Bertz CT molecular complexity index is 481. The van der Waals surface area contributed by atoms with E-state index >= 15 is 0 Å². The quantitative estimate of drug-likeness (QED) is 0.907. The van der Waals surface area contributed by atoms with Gasteiger partial charge in [0, 0.05) is 13.6 Å². The molecule has 1 fully saturated rings. The van der Waals surface area contributed by atoms with Gasteiger partial charge < -0.3 is 10.0 Å². The van der Waals surface area contributed by atoms with Crippen LogP contribution in [0.2, 0.25) is 0 Å². The average molecular weight is 277 g/mol. The number of carboxylic acids is 1. The molecule has 0 aromatic carbocycles. The summed E-state index contributed by atoms with van der Waals surface area (Å²) in [7, 11) is 1.75. The van der Waals surface area contributed by atoms with Gasteiger partial charge in [-0.3, -0.25) is 4.79 Å². The number of carbonyl (C=O) groups excluding carboxylic acids is 1. The molecule has 1 amide bonds. The van der Waals surface area contributed by atoms with Crippen molar-refractivity contribution in [1.29, 1.82) is 0 Å². The van der Waals surface area contributed by atoms with E-state index in [-0.39, 0.29) is 17.3 Å². The fourth-order valence-electron chi connectivity index (χ4n) is 2.58. The van der Waals surface area contributed by atoms with Crippen molar-refractivity contribution in [3.8, 4) is 0 Å². The molecule has 1 aliphatic carbocycles. The Hall–Kier alpha value is -1.98. The monoisotopic (exact) mass is 277 g/mol. The lowest BCUT2D eigenvalue weighted by Gasteiger charge is -2.26. The molecule has 6 nitrogen and oxygen atoms in total. The highest BCUT2D eigenvalue weighted by Gasteiger charge is 2.20. The third-order valence-electron chi connectivity index (χ3n) is 3.69. The molecule has 0 radical (unpaired) electrons.